The van der Waals surface area contributed by atoms with Crippen molar-refractivity contribution in [3.8, 4) is 11.5 Å². The fourth-order valence-electron chi connectivity index (χ4n) is 1.71. The van der Waals surface area contributed by atoms with E-state index in [0.29, 0.717) is 23.4 Å². The van der Waals surface area contributed by atoms with E-state index >= 15 is 0 Å². The summed E-state index contributed by atoms with van der Waals surface area (Å²) in [6.07, 6.45) is -0.879. The van der Waals surface area contributed by atoms with Gasteiger partial charge in [0.15, 0.2) is 11.5 Å². The summed E-state index contributed by atoms with van der Waals surface area (Å²) < 4.78 is 10.0. The lowest BCUT2D eigenvalue weighted by molar-refractivity contribution is 0.141. The Kier molecular flexibility index (Phi) is 2.55. The van der Waals surface area contributed by atoms with Gasteiger partial charge in [0.05, 0.1) is 10.7 Å². The predicted octanol–water partition coefficient (Wildman–Crippen LogP) is 2.30. The molecule has 5 nitrogen and oxygen atoms in total. The second kappa shape index (κ2) is 3.75. The number of hydrogen-bond acceptors (Lipinski definition) is 4. The van der Waals surface area contributed by atoms with Crippen molar-refractivity contribution in [2.45, 2.75) is 19.4 Å². The van der Waals surface area contributed by atoms with Gasteiger partial charge in [-0.2, -0.15) is 0 Å². The van der Waals surface area contributed by atoms with E-state index in [1.807, 2.05) is 6.92 Å². The van der Waals surface area contributed by atoms with E-state index in [1.54, 1.807) is 0 Å². The monoisotopic (exact) mass is 243 g/mol. The zero-order valence-corrected chi connectivity index (χ0v) is 9.25. The Morgan fingerprint density at radius 1 is 1.75 bits per heavy atom. The number of carbonyl (C=O) groups is 1. The van der Waals surface area contributed by atoms with Crippen LogP contribution in [0.3, 0.4) is 0 Å². The average molecular weight is 244 g/mol. The molecular weight excluding hydrogens is 234 g/mol. The molecular formula is C10H10ClNO4. The van der Waals surface area contributed by atoms with Crippen LogP contribution in [-0.4, -0.2) is 17.4 Å². The molecule has 1 aromatic rings. The van der Waals surface area contributed by atoms with Gasteiger partial charge in [0.25, 0.3) is 0 Å². The van der Waals surface area contributed by atoms with Gasteiger partial charge in [-0.1, -0.05) is 11.6 Å². The van der Waals surface area contributed by atoms with Crippen molar-refractivity contribution >= 4 is 23.4 Å². The first-order chi connectivity index (χ1) is 7.49. The molecule has 1 heterocycles. The van der Waals surface area contributed by atoms with Crippen molar-refractivity contribution in [1.29, 1.82) is 0 Å². The van der Waals surface area contributed by atoms with Crippen LogP contribution in [0.25, 0.3) is 0 Å². The number of nitrogens with two attached hydrogens (primary N) is 1. The number of anilines is 1. The molecule has 3 N–H and O–H groups in total. The Morgan fingerprint density at radius 3 is 3.06 bits per heavy atom. The lowest BCUT2D eigenvalue weighted by Gasteiger charge is -2.10. The Labute approximate surface area is 96.7 Å². The van der Waals surface area contributed by atoms with Crippen molar-refractivity contribution in [3.05, 3.63) is 16.7 Å². The second-order valence-electron chi connectivity index (χ2n) is 3.58. The third kappa shape index (κ3) is 1.74. The van der Waals surface area contributed by atoms with Crippen molar-refractivity contribution in [3.63, 3.8) is 0 Å². The minimum atomic E-state index is -1.41. The number of fused-ring (bicyclic) bond motifs is 1. The zero-order valence-electron chi connectivity index (χ0n) is 8.49. The zero-order chi connectivity index (χ0) is 11.9. The maximum atomic E-state index is 10.5. The van der Waals surface area contributed by atoms with Gasteiger partial charge < -0.3 is 20.3 Å². The fourth-order valence-corrected chi connectivity index (χ4v) is 1.92. The summed E-state index contributed by atoms with van der Waals surface area (Å²) in [6, 6.07) is 1.35. The maximum absolute atomic E-state index is 10.5. The van der Waals surface area contributed by atoms with E-state index in [4.69, 9.17) is 27.2 Å². The van der Waals surface area contributed by atoms with Gasteiger partial charge in [-0.15, -0.1) is 0 Å². The van der Waals surface area contributed by atoms with Gasteiger partial charge in [0, 0.05) is 18.1 Å². The molecule has 86 valence electrons. The van der Waals surface area contributed by atoms with Crippen LogP contribution < -0.4 is 15.2 Å². The molecule has 0 spiro atoms. The summed E-state index contributed by atoms with van der Waals surface area (Å²) >= 11 is 5.88. The van der Waals surface area contributed by atoms with Crippen LogP contribution >= 0.6 is 11.6 Å². The van der Waals surface area contributed by atoms with Crippen LogP contribution in [0.5, 0.6) is 11.5 Å². The van der Waals surface area contributed by atoms with Gasteiger partial charge in [0.1, 0.15) is 6.10 Å². The number of halogens is 1. The number of carboxylic acid groups (broad SMARTS) is 1. The van der Waals surface area contributed by atoms with Gasteiger partial charge in [0.2, 0.25) is 0 Å². The first-order valence-corrected chi connectivity index (χ1v) is 5.05. The highest BCUT2D eigenvalue weighted by Crippen LogP contribution is 2.44. The van der Waals surface area contributed by atoms with E-state index in [-0.39, 0.29) is 16.9 Å². The highest BCUT2D eigenvalue weighted by atomic mass is 35.5. The molecule has 0 saturated heterocycles. The third-order valence-corrected chi connectivity index (χ3v) is 2.66. The molecule has 0 aromatic heterocycles. The highest BCUT2D eigenvalue weighted by Gasteiger charge is 2.28. The summed E-state index contributed by atoms with van der Waals surface area (Å²) in [5.41, 5.74) is 6.90. The molecule has 1 aromatic carbocycles. The summed E-state index contributed by atoms with van der Waals surface area (Å²) in [6.45, 7) is 1.86. The van der Waals surface area contributed by atoms with Crippen LogP contribution in [-0.2, 0) is 6.42 Å². The number of rotatable bonds is 1. The van der Waals surface area contributed by atoms with Crippen molar-refractivity contribution in [2.24, 2.45) is 0 Å². The van der Waals surface area contributed by atoms with Crippen LogP contribution in [0.15, 0.2) is 6.07 Å². The predicted molar refractivity (Wildman–Crippen MR) is 58.3 cm³/mol. The molecule has 0 amide bonds. The Bertz CT molecular complexity index is 461. The third-order valence-electron chi connectivity index (χ3n) is 2.35. The van der Waals surface area contributed by atoms with Crippen LogP contribution in [0, 0.1) is 0 Å². The van der Waals surface area contributed by atoms with Gasteiger partial charge >= 0.3 is 6.16 Å². The first-order valence-electron chi connectivity index (χ1n) is 4.67. The van der Waals surface area contributed by atoms with E-state index in [0.717, 1.165) is 0 Å². The van der Waals surface area contributed by atoms with Crippen LogP contribution in [0.2, 0.25) is 5.02 Å². The Morgan fingerprint density at radius 2 is 2.44 bits per heavy atom. The summed E-state index contributed by atoms with van der Waals surface area (Å²) in [7, 11) is 0. The van der Waals surface area contributed by atoms with Gasteiger partial charge in [-0.3, -0.25) is 0 Å². The smallest absolute Gasteiger partial charge is 0.486 e. The fraction of sp³-hybridized carbons (Fsp3) is 0.300. The minimum Gasteiger partial charge on any atom is -0.486 e. The quantitative estimate of drug-likeness (QED) is 0.449. The number of hydrogen-bond donors (Lipinski definition) is 2. The molecule has 0 saturated carbocycles. The lowest BCUT2D eigenvalue weighted by Crippen LogP contribution is -2.07. The largest absolute Gasteiger partial charge is 0.511 e. The molecule has 2 rings (SSSR count). The summed E-state index contributed by atoms with van der Waals surface area (Å²) in [4.78, 5) is 10.5. The van der Waals surface area contributed by atoms with E-state index in [1.165, 1.54) is 6.07 Å². The van der Waals surface area contributed by atoms with E-state index in [9.17, 15) is 4.79 Å². The lowest BCUT2D eigenvalue weighted by atomic mass is 10.1. The molecule has 6 heteroatoms. The van der Waals surface area contributed by atoms with Crippen molar-refractivity contribution in [1.82, 2.24) is 0 Å². The standard InChI is InChI=1S/C10H10ClNO4/c1-4-2-5-8(12)6(11)3-7(9(5)15-4)16-10(13)14/h3-4H,2,12H2,1H3,(H,13,14). The number of ether oxygens (including phenoxy) is 2. The van der Waals surface area contributed by atoms with Crippen molar-refractivity contribution in [2.75, 3.05) is 5.73 Å². The topological polar surface area (TPSA) is 81.8 Å². The molecule has 0 fully saturated rings. The molecule has 16 heavy (non-hydrogen) atoms. The first kappa shape index (κ1) is 10.9. The van der Waals surface area contributed by atoms with Crippen molar-refractivity contribution < 1.29 is 19.4 Å². The van der Waals surface area contributed by atoms with E-state index < -0.39 is 6.16 Å². The summed E-state index contributed by atoms with van der Waals surface area (Å²) in [5.74, 6) is 0.461. The molecule has 0 aliphatic carbocycles. The molecule has 1 unspecified atom stereocenters. The summed E-state index contributed by atoms with van der Waals surface area (Å²) in [5, 5.41) is 8.84. The molecule has 0 radical (unpaired) electrons. The molecule has 0 bridgehead atoms. The number of nitrogen functional groups attached to an aromatic ring is 1. The molecule has 1 atom stereocenters. The highest BCUT2D eigenvalue weighted by molar-refractivity contribution is 6.33. The second-order valence-corrected chi connectivity index (χ2v) is 3.99. The van der Waals surface area contributed by atoms with Gasteiger partial charge in [-0.05, 0) is 6.92 Å². The molecule has 1 aliphatic rings. The van der Waals surface area contributed by atoms with Gasteiger partial charge in [-0.25, -0.2) is 4.79 Å². The van der Waals surface area contributed by atoms with Crippen LogP contribution in [0.4, 0.5) is 10.5 Å². The molecule has 1 aliphatic heterocycles. The van der Waals surface area contributed by atoms with E-state index in [2.05, 4.69) is 4.74 Å². The Balaban J connectivity index is 2.52. The minimum absolute atomic E-state index is 0.0630. The maximum Gasteiger partial charge on any atom is 0.511 e. The average Bonchev–Trinajstić information content (AvgIpc) is 2.56. The number of benzene rings is 1. The SMILES string of the molecule is CC1Cc2c(N)c(Cl)cc(OC(=O)O)c2O1. The normalized spacial score (nSPS) is 17.8. The van der Waals surface area contributed by atoms with Crippen LogP contribution in [0.1, 0.15) is 12.5 Å². The Hall–Kier alpha value is -1.62.